The fourth-order valence-corrected chi connectivity index (χ4v) is 4.48. The number of aliphatic hydroxyl groups excluding tert-OH is 1. The van der Waals surface area contributed by atoms with Crippen molar-refractivity contribution in [2.75, 3.05) is 13.2 Å². The third-order valence-corrected chi connectivity index (χ3v) is 6.04. The molecule has 2 fully saturated rings. The molecule has 6 atom stereocenters. The second kappa shape index (κ2) is 10.7. The van der Waals surface area contributed by atoms with Crippen LogP contribution in [0.3, 0.4) is 0 Å². The summed E-state index contributed by atoms with van der Waals surface area (Å²) < 4.78 is 25.8. The van der Waals surface area contributed by atoms with Crippen LogP contribution in [0.4, 0.5) is 4.39 Å². The Hall–Kier alpha value is -1.92. The molecule has 3 rings (SSSR count). The largest absolute Gasteiger partial charge is 0.490 e. The number of rotatable bonds is 9. The summed E-state index contributed by atoms with van der Waals surface area (Å²) in [5, 5.41) is 19.2. The molecule has 29 heavy (non-hydrogen) atoms. The highest BCUT2D eigenvalue weighted by atomic mass is 19.1. The molecule has 2 N–H and O–H groups in total. The lowest BCUT2D eigenvalue weighted by Crippen LogP contribution is -2.21. The van der Waals surface area contributed by atoms with Crippen molar-refractivity contribution in [2.24, 2.45) is 17.8 Å². The lowest BCUT2D eigenvalue weighted by molar-refractivity contribution is -0.137. The van der Waals surface area contributed by atoms with Gasteiger partial charge in [0.15, 0.2) is 6.17 Å². The van der Waals surface area contributed by atoms with Crippen LogP contribution < -0.4 is 4.74 Å². The van der Waals surface area contributed by atoms with Crippen molar-refractivity contribution < 1.29 is 28.9 Å². The Bertz CT molecular complexity index is 664. The zero-order valence-electron chi connectivity index (χ0n) is 16.7. The van der Waals surface area contributed by atoms with Crippen LogP contribution in [-0.2, 0) is 9.53 Å². The van der Waals surface area contributed by atoms with Gasteiger partial charge < -0.3 is 19.7 Å². The molecular weight excluding hydrogens is 375 g/mol. The van der Waals surface area contributed by atoms with E-state index in [1.165, 1.54) is 6.08 Å². The van der Waals surface area contributed by atoms with Crippen molar-refractivity contribution in [3.63, 3.8) is 0 Å². The minimum absolute atomic E-state index is 0.0113. The van der Waals surface area contributed by atoms with Crippen LogP contribution in [0.2, 0.25) is 0 Å². The fraction of sp³-hybridized carbons (Fsp3) is 0.609. The number of halogens is 1. The SMILES string of the molecule is O=C(O)CCC[C@H]1CC[C@@H]2[C@@H](/C=C/C(F)COc3ccccc3)[C@H](O)C[C@@H]2OC1. The molecule has 6 heteroatoms. The minimum Gasteiger partial charge on any atom is -0.490 e. The van der Waals surface area contributed by atoms with Gasteiger partial charge in [-0.3, -0.25) is 4.79 Å². The summed E-state index contributed by atoms with van der Waals surface area (Å²) in [5.41, 5.74) is 0. The van der Waals surface area contributed by atoms with Crippen molar-refractivity contribution in [1.29, 1.82) is 0 Å². The Labute approximate surface area is 171 Å². The quantitative estimate of drug-likeness (QED) is 0.606. The Morgan fingerprint density at radius 1 is 1.31 bits per heavy atom. The molecule has 0 spiro atoms. The van der Waals surface area contributed by atoms with Crippen LogP contribution in [0.5, 0.6) is 5.75 Å². The van der Waals surface area contributed by atoms with E-state index in [2.05, 4.69) is 0 Å². The van der Waals surface area contributed by atoms with Gasteiger partial charge in [-0.15, -0.1) is 0 Å². The maximum atomic E-state index is 14.3. The Kier molecular flexibility index (Phi) is 8.07. The first-order valence-electron chi connectivity index (χ1n) is 10.5. The number of aliphatic carboxylic acids is 1. The van der Waals surface area contributed by atoms with E-state index in [-0.39, 0.29) is 31.0 Å². The highest BCUT2D eigenvalue weighted by Crippen LogP contribution is 2.42. The molecule has 0 aromatic heterocycles. The van der Waals surface area contributed by atoms with Gasteiger partial charge in [0.1, 0.15) is 12.4 Å². The van der Waals surface area contributed by atoms with E-state index < -0.39 is 18.2 Å². The fourth-order valence-electron chi connectivity index (χ4n) is 4.48. The predicted octanol–water partition coefficient (Wildman–Crippen LogP) is 4.01. The Morgan fingerprint density at radius 2 is 2.10 bits per heavy atom. The number of para-hydroxylation sites is 1. The van der Waals surface area contributed by atoms with Crippen LogP contribution in [0.15, 0.2) is 42.5 Å². The molecule has 1 saturated carbocycles. The second-order valence-electron chi connectivity index (χ2n) is 8.17. The molecule has 160 valence electrons. The van der Waals surface area contributed by atoms with Crippen molar-refractivity contribution >= 4 is 5.97 Å². The molecule has 1 aromatic rings. The molecule has 1 aromatic carbocycles. The summed E-state index contributed by atoms with van der Waals surface area (Å²) in [7, 11) is 0. The molecule has 1 heterocycles. The zero-order chi connectivity index (χ0) is 20.6. The van der Waals surface area contributed by atoms with Gasteiger partial charge >= 0.3 is 5.97 Å². The number of carboxylic acid groups (broad SMARTS) is 1. The maximum absolute atomic E-state index is 14.3. The summed E-state index contributed by atoms with van der Waals surface area (Å²) in [5.74, 6) is 0.285. The standard InChI is InChI=1S/C23H31FO5/c24-17(15-28-18-6-2-1-3-7-18)10-12-19-20-11-9-16(5-4-8-23(26)27)14-29-22(20)13-21(19)25/h1-3,6-7,10,12,16-17,19-22,25H,4-5,8-9,11,13-15H2,(H,26,27)/b12-10+/t16-,17?,19+,20+,21+,22-/m0/s1. The first-order chi connectivity index (χ1) is 14.0. The molecule has 0 radical (unpaired) electrons. The topological polar surface area (TPSA) is 76.0 Å². The molecule has 0 bridgehead atoms. The van der Waals surface area contributed by atoms with Gasteiger partial charge in [-0.05, 0) is 49.7 Å². The number of hydrogen-bond donors (Lipinski definition) is 2. The Morgan fingerprint density at radius 3 is 2.86 bits per heavy atom. The molecular formula is C23H31FO5. The number of benzene rings is 1. The predicted molar refractivity (Wildman–Crippen MR) is 108 cm³/mol. The van der Waals surface area contributed by atoms with Crippen molar-refractivity contribution in [3.05, 3.63) is 42.5 Å². The van der Waals surface area contributed by atoms with Gasteiger partial charge in [-0.1, -0.05) is 30.4 Å². The van der Waals surface area contributed by atoms with Crippen LogP contribution >= 0.6 is 0 Å². The number of ether oxygens (including phenoxy) is 2. The maximum Gasteiger partial charge on any atom is 0.303 e. The third kappa shape index (κ3) is 6.54. The van der Waals surface area contributed by atoms with E-state index >= 15 is 0 Å². The number of carbonyl (C=O) groups is 1. The van der Waals surface area contributed by atoms with E-state index in [1.54, 1.807) is 18.2 Å². The minimum atomic E-state index is -1.24. The first kappa shape index (κ1) is 21.8. The van der Waals surface area contributed by atoms with Crippen LogP contribution in [-0.4, -0.2) is 47.8 Å². The van der Waals surface area contributed by atoms with E-state index in [9.17, 15) is 14.3 Å². The lowest BCUT2D eigenvalue weighted by atomic mass is 9.86. The molecule has 1 aliphatic heterocycles. The second-order valence-corrected chi connectivity index (χ2v) is 8.17. The van der Waals surface area contributed by atoms with Crippen molar-refractivity contribution in [1.82, 2.24) is 0 Å². The molecule has 0 amide bonds. The van der Waals surface area contributed by atoms with Crippen molar-refractivity contribution in [2.45, 2.75) is 56.9 Å². The van der Waals surface area contributed by atoms with E-state index in [1.807, 2.05) is 18.2 Å². The molecule has 1 aliphatic carbocycles. The Balaban J connectivity index is 1.49. The lowest BCUT2D eigenvalue weighted by Gasteiger charge is -2.21. The van der Waals surface area contributed by atoms with Crippen LogP contribution in [0.25, 0.3) is 0 Å². The van der Waals surface area contributed by atoms with Gasteiger partial charge in [-0.25, -0.2) is 4.39 Å². The monoisotopic (exact) mass is 406 g/mol. The summed E-state index contributed by atoms with van der Waals surface area (Å²) in [6, 6.07) is 9.14. The summed E-state index contributed by atoms with van der Waals surface area (Å²) >= 11 is 0. The smallest absolute Gasteiger partial charge is 0.303 e. The summed E-state index contributed by atoms with van der Waals surface area (Å²) in [6.07, 6.45) is 5.65. The number of hydrogen-bond acceptors (Lipinski definition) is 4. The van der Waals surface area contributed by atoms with Gasteiger partial charge in [0.2, 0.25) is 0 Å². The number of fused-ring (bicyclic) bond motifs is 1. The number of alkyl halides is 1. The van der Waals surface area contributed by atoms with E-state index in [4.69, 9.17) is 14.6 Å². The van der Waals surface area contributed by atoms with Crippen LogP contribution in [0.1, 0.15) is 38.5 Å². The zero-order valence-corrected chi connectivity index (χ0v) is 16.7. The number of carboxylic acids is 1. The first-order valence-corrected chi connectivity index (χ1v) is 10.5. The highest BCUT2D eigenvalue weighted by Gasteiger charge is 2.43. The van der Waals surface area contributed by atoms with Crippen molar-refractivity contribution in [3.8, 4) is 5.75 Å². The van der Waals surface area contributed by atoms with Gasteiger partial charge in [-0.2, -0.15) is 0 Å². The van der Waals surface area contributed by atoms with E-state index in [0.29, 0.717) is 31.1 Å². The van der Waals surface area contributed by atoms with Gasteiger partial charge in [0, 0.05) is 25.4 Å². The molecule has 1 saturated heterocycles. The highest BCUT2D eigenvalue weighted by molar-refractivity contribution is 5.66. The van der Waals surface area contributed by atoms with Gasteiger partial charge in [0.25, 0.3) is 0 Å². The molecule has 1 unspecified atom stereocenters. The normalized spacial score (nSPS) is 30.6. The van der Waals surface area contributed by atoms with E-state index in [0.717, 1.165) is 19.3 Å². The molecule has 2 aliphatic rings. The van der Waals surface area contributed by atoms with Gasteiger partial charge in [0.05, 0.1) is 12.2 Å². The molecule has 5 nitrogen and oxygen atoms in total. The number of aliphatic hydroxyl groups is 1. The summed E-state index contributed by atoms with van der Waals surface area (Å²) in [6.45, 7) is 0.556. The third-order valence-electron chi connectivity index (χ3n) is 6.04. The van der Waals surface area contributed by atoms with Crippen LogP contribution in [0, 0.1) is 17.8 Å². The average molecular weight is 406 g/mol. The summed E-state index contributed by atoms with van der Waals surface area (Å²) in [4.78, 5) is 10.7. The average Bonchev–Trinajstić information content (AvgIpc) is 2.87.